The van der Waals surface area contributed by atoms with Crippen molar-refractivity contribution in [1.82, 2.24) is 40.4 Å². The molecular formula is C38H50N8O6. The fourth-order valence-corrected chi connectivity index (χ4v) is 9.18. The standard InChI is InChI=1S/C38H50N8O6/c1-23(41-35(49)51-3)33(47)45-19-5-7-28(45)31-39-21-27(43-31)25-9-11-26(12-10-25)37-13-16-38(17-14-37,18-15-37)30-22-40-32(44-30)29-8-6-20-46(29)34(48)24(2)42-36(50)52-4/h9-12,21-24,28-29H,5-8,13-20H2,1-4H3,(H,39,43)(H,40,44)(H,41,49)(H,42,50). The molecule has 4 unspecified atom stereocenters. The van der Waals surface area contributed by atoms with Crippen LogP contribution in [0.2, 0.25) is 0 Å². The lowest BCUT2D eigenvalue weighted by molar-refractivity contribution is -0.134. The van der Waals surface area contributed by atoms with Gasteiger partial charge in [-0.3, -0.25) is 9.59 Å². The number of fused-ring (bicyclic) bond motifs is 3. The summed E-state index contributed by atoms with van der Waals surface area (Å²) >= 11 is 0. The third kappa shape index (κ3) is 6.51. The minimum absolute atomic E-state index is 0.0646. The normalized spacial score (nSPS) is 26.5. The Balaban J connectivity index is 0.984. The molecule has 4 atom stereocenters. The molecule has 2 aromatic heterocycles. The summed E-state index contributed by atoms with van der Waals surface area (Å²) in [6, 6.07) is 7.23. The highest BCUT2D eigenvalue weighted by molar-refractivity contribution is 5.86. The molecule has 5 fully saturated rings. The van der Waals surface area contributed by atoms with E-state index in [2.05, 4.69) is 59.3 Å². The number of alkyl carbamates (subject to hydrolysis) is 2. The molecule has 14 nitrogen and oxygen atoms in total. The molecule has 52 heavy (non-hydrogen) atoms. The van der Waals surface area contributed by atoms with Crippen LogP contribution in [-0.4, -0.2) is 93.1 Å². The molecule has 1 aromatic carbocycles. The zero-order valence-electron chi connectivity index (χ0n) is 30.5. The Labute approximate surface area is 303 Å². The van der Waals surface area contributed by atoms with Gasteiger partial charge in [0.25, 0.3) is 0 Å². The van der Waals surface area contributed by atoms with Crippen LogP contribution in [0.25, 0.3) is 11.3 Å². The van der Waals surface area contributed by atoms with Crippen molar-refractivity contribution in [2.75, 3.05) is 27.3 Å². The SMILES string of the molecule is COC(=O)NC(C)C(=O)N1CCCC1c1ncc(-c2ccc(C34CCC(c5cnc(C6CCCN6C(=O)C(C)NC(=O)OC)[nH]5)(CC3)CC4)cc2)[nH]1. The molecule has 3 aromatic rings. The van der Waals surface area contributed by atoms with Gasteiger partial charge in [-0.2, -0.15) is 0 Å². The topological polar surface area (TPSA) is 175 Å². The minimum Gasteiger partial charge on any atom is -0.453 e. The van der Waals surface area contributed by atoms with Crippen LogP contribution in [0.4, 0.5) is 9.59 Å². The van der Waals surface area contributed by atoms with Gasteiger partial charge in [-0.25, -0.2) is 19.6 Å². The number of nitrogens with one attached hydrogen (secondary N) is 4. The number of H-pyrrole nitrogens is 2. The van der Waals surface area contributed by atoms with Crippen LogP contribution in [0.15, 0.2) is 36.7 Å². The number of ether oxygens (including phenoxy) is 2. The van der Waals surface area contributed by atoms with E-state index >= 15 is 0 Å². The van der Waals surface area contributed by atoms with Crippen molar-refractivity contribution in [3.05, 3.63) is 59.6 Å². The lowest BCUT2D eigenvalue weighted by atomic mass is 9.51. The zero-order valence-corrected chi connectivity index (χ0v) is 30.5. The maximum Gasteiger partial charge on any atom is 0.407 e. The molecule has 0 spiro atoms. The number of hydrogen-bond donors (Lipinski definition) is 4. The second kappa shape index (κ2) is 14.3. The Hall–Kier alpha value is -4.88. The number of likely N-dealkylation sites (tertiary alicyclic amines) is 2. The average molecular weight is 715 g/mol. The number of hydrogen-bond acceptors (Lipinski definition) is 8. The summed E-state index contributed by atoms with van der Waals surface area (Å²) in [6.45, 7) is 4.60. The highest BCUT2D eigenvalue weighted by atomic mass is 16.5. The molecule has 0 radical (unpaired) electrons. The summed E-state index contributed by atoms with van der Waals surface area (Å²) in [5.74, 6) is 1.30. The molecule has 5 aliphatic rings. The molecule has 8 rings (SSSR count). The molecule has 2 bridgehead atoms. The number of methoxy groups -OCH3 is 2. The average Bonchev–Trinajstić information content (AvgIpc) is 4.01. The molecular weight excluding hydrogens is 664 g/mol. The lowest BCUT2D eigenvalue weighted by Gasteiger charge is -2.53. The number of nitrogens with zero attached hydrogens (tertiary/aromatic N) is 4. The molecule has 4 amide bonds. The Morgan fingerprint density at radius 2 is 1.21 bits per heavy atom. The Morgan fingerprint density at radius 3 is 1.73 bits per heavy atom. The third-order valence-corrected chi connectivity index (χ3v) is 12.3. The first kappa shape index (κ1) is 35.5. The van der Waals surface area contributed by atoms with Gasteiger partial charge in [0.1, 0.15) is 23.7 Å². The Kier molecular flexibility index (Phi) is 9.75. The molecule has 14 heteroatoms. The molecule has 4 N–H and O–H groups in total. The molecule has 4 heterocycles. The van der Waals surface area contributed by atoms with E-state index in [0.29, 0.717) is 13.1 Å². The molecule has 2 saturated heterocycles. The maximum atomic E-state index is 13.2. The Morgan fingerprint density at radius 1 is 0.731 bits per heavy atom. The van der Waals surface area contributed by atoms with Gasteiger partial charge in [0.2, 0.25) is 11.8 Å². The van der Waals surface area contributed by atoms with Crippen molar-refractivity contribution in [1.29, 1.82) is 0 Å². The smallest absolute Gasteiger partial charge is 0.407 e. The fourth-order valence-electron chi connectivity index (χ4n) is 9.18. The van der Waals surface area contributed by atoms with Gasteiger partial charge >= 0.3 is 12.2 Å². The van der Waals surface area contributed by atoms with Crippen molar-refractivity contribution in [2.45, 2.75) is 113 Å². The van der Waals surface area contributed by atoms with Crippen LogP contribution in [0, 0.1) is 0 Å². The van der Waals surface area contributed by atoms with Crippen LogP contribution < -0.4 is 10.6 Å². The van der Waals surface area contributed by atoms with E-state index in [1.54, 1.807) is 18.7 Å². The number of rotatable bonds is 9. The number of imidazole rings is 2. The highest BCUT2D eigenvalue weighted by Gasteiger charge is 2.51. The molecule has 3 aliphatic carbocycles. The van der Waals surface area contributed by atoms with Gasteiger partial charge in [-0.1, -0.05) is 24.3 Å². The van der Waals surface area contributed by atoms with Crippen molar-refractivity contribution >= 4 is 24.0 Å². The highest BCUT2D eigenvalue weighted by Crippen LogP contribution is 2.58. The van der Waals surface area contributed by atoms with E-state index in [4.69, 9.17) is 4.98 Å². The van der Waals surface area contributed by atoms with E-state index in [-0.39, 0.29) is 34.7 Å². The van der Waals surface area contributed by atoms with Crippen molar-refractivity contribution in [2.24, 2.45) is 0 Å². The Bertz CT molecular complexity index is 1780. The second-order valence-electron chi connectivity index (χ2n) is 15.1. The summed E-state index contributed by atoms with van der Waals surface area (Å²) in [7, 11) is 2.57. The zero-order chi connectivity index (χ0) is 36.6. The van der Waals surface area contributed by atoms with E-state index in [1.807, 2.05) is 17.3 Å². The number of carbonyl (C=O) groups is 4. The summed E-state index contributed by atoms with van der Waals surface area (Å²) in [4.78, 5) is 70.0. The first-order valence-electron chi connectivity index (χ1n) is 18.6. The van der Waals surface area contributed by atoms with Gasteiger partial charge in [0.15, 0.2) is 0 Å². The quantitative estimate of drug-likeness (QED) is 0.235. The van der Waals surface area contributed by atoms with Gasteiger partial charge in [0.05, 0.1) is 38.2 Å². The van der Waals surface area contributed by atoms with Gasteiger partial charge in [0, 0.05) is 30.4 Å². The van der Waals surface area contributed by atoms with Crippen LogP contribution in [0.5, 0.6) is 0 Å². The summed E-state index contributed by atoms with van der Waals surface area (Å²) in [5, 5.41) is 5.17. The van der Waals surface area contributed by atoms with Crippen molar-refractivity contribution in [3.8, 4) is 11.3 Å². The molecule has 3 saturated carbocycles. The second-order valence-corrected chi connectivity index (χ2v) is 15.1. The molecule has 278 valence electrons. The monoisotopic (exact) mass is 714 g/mol. The largest absolute Gasteiger partial charge is 0.453 e. The van der Waals surface area contributed by atoms with Crippen LogP contribution in [0.1, 0.15) is 113 Å². The maximum absolute atomic E-state index is 13.2. The minimum atomic E-state index is -0.691. The van der Waals surface area contributed by atoms with Crippen LogP contribution in [0.3, 0.4) is 0 Å². The number of benzene rings is 1. The number of aromatic amines is 2. The lowest BCUT2D eigenvalue weighted by Crippen LogP contribution is -2.47. The van der Waals surface area contributed by atoms with Crippen molar-refractivity contribution < 1.29 is 28.7 Å². The predicted octanol–water partition coefficient (Wildman–Crippen LogP) is 5.16. The number of amides is 4. The van der Waals surface area contributed by atoms with Crippen LogP contribution >= 0.6 is 0 Å². The van der Waals surface area contributed by atoms with E-state index < -0.39 is 24.3 Å². The van der Waals surface area contributed by atoms with Crippen molar-refractivity contribution in [3.63, 3.8) is 0 Å². The van der Waals surface area contributed by atoms with Gasteiger partial charge in [-0.05, 0) is 94.6 Å². The van der Waals surface area contributed by atoms with Crippen LogP contribution in [-0.2, 0) is 29.9 Å². The van der Waals surface area contributed by atoms with E-state index in [0.717, 1.165) is 87.1 Å². The first-order chi connectivity index (χ1) is 25.1. The van der Waals surface area contributed by atoms with E-state index in [9.17, 15) is 19.2 Å². The number of carbonyl (C=O) groups excluding carboxylic acids is 4. The summed E-state index contributed by atoms with van der Waals surface area (Å²) in [6.07, 6.45) is 12.6. The summed E-state index contributed by atoms with van der Waals surface area (Å²) < 4.78 is 9.34. The molecule has 2 aliphatic heterocycles. The number of aromatic nitrogens is 4. The van der Waals surface area contributed by atoms with Gasteiger partial charge < -0.3 is 39.9 Å². The van der Waals surface area contributed by atoms with E-state index in [1.165, 1.54) is 25.5 Å². The predicted molar refractivity (Wildman–Crippen MR) is 191 cm³/mol. The fraction of sp³-hybridized carbons (Fsp3) is 0.579. The summed E-state index contributed by atoms with van der Waals surface area (Å²) in [5.41, 5.74) is 4.74. The third-order valence-electron chi connectivity index (χ3n) is 12.3. The first-order valence-corrected chi connectivity index (χ1v) is 18.6. The van der Waals surface area contributed by atoms with Gasteiger partial charge in [-0.15, -0.1) is 0 Å².